The SMILES string of the molecule is C=C(/N=C1\C(=C(\C)N)C=C(c2cccs2)C(=O)N1C1CCCCC1)NCC. The molecule has 2 heterocycles. The van der Waals surface area contributed by atoms with Crippen LogP contribution in [0.1, 0.15) is 50.8 Å². The van der Waals surface area contributed by atoms with Crippen molar-refractivity contribution >= 4 is 28.7 Å². The smallest absolute Gasteiger partial charge is 0.261 e. The Bertz CT molecular complexity index is 794. The zero-order chi connectivity index (χ0) is 19.4. The van der Waals surface area contributed by atoms with Crippen LogP contribution in [-0.4, -0.2) is 29.2 Å². The Balaban J connectivity index is 2.13. The number of nitrogens with zero attached hydrogens (tertiary/aromatic N) is 2. The third-order valence-corrected chi connectivity index (χ3v) is 5.88. The number of allylic oxidation sites excluding steroid dienone is 1. The fourth-order valence-electron chi connectivity index (χ4n) is 3.69. The molecule has 1 aliphatic carbocycles. The number of nitrogens with one attached hydrogen (secondary N) is 1. The van der Waals surface area contributed by atoms with Crippen LogP contribution in [0.3, 0.4) is 0 Å². The van der Waals surface area contributed by atoms with Crippen molar-refractivity contribution in [3.63, 3.8) is 0 Å². The molecule has 1 aliphatic heterocycles. The topological polar surface area (TPSA) is 70.7 Å². The lowest BCUT2D eigenvalue weighted by Crippen LogP contribution is -2.49. The second-order valence-corrected chi connectivity index (χ2v) is 7.96. The van der Waals surface area contributed by atoms with E-state index in [9.17, 15) is 4.79 Å². The number of carbonyl (C=O) groups is 1. The van der Waals surface area contributed by atoms with E-state index in [1.54, 1.807) is 11.3 Å². The molecule has 1 saturated carbocycles. The molecule has 0 aromatic carbocycles. The quantitative estimate of drug-likeness (QED) is 0.805. The van der Waals surface area contributed by atoms with Crippen LogP contribution in [-0.2, 0) is 4.79 Å². The Hall–Kier alpha value is -2.34. The average molecular weight is 385 g/mol. The van der Waals surface area contributed by atoms with Gasteiger partial charge in [0.2, 0.25) is 0 Å². The van der Waals surface area contributed by atoms with E-state index in [2.05, 4.69) is 16.9 Å². The number of thiophene rings is 1. The first-order valence-corrected chi connectivity index (χ1v) is 10.5. The van der Waals surface area contributed by atoms with E-state index in [0.29, 0.717) is 22.9 Å². The van der Waals surface area contributed by atoms with Gasteiger partial charge in [-0.25, -0.2) is 4.99 Å². The van der Waals surface area contributed by atoms with Crippen molar-refractivity contribution in [2.75, 3.05) is 6.54 Å². The number of aliphatic imine (C=N–C) groups is 1. The summed E-state index contributed by atoms with van der Waals surface area (Å²) < 4.78 is 0. The van der Waals surface area contributed by atoms with Crippen LogP contribution in [0.25, 0.3) is 5.57 Å². The summed E-state index contributed by atoms with van der Waals surface area (Å²) in [5.41, 5.74) is 8.39. The molecule has 0 bridgehead atoms. The van der Waals surface area contributed by atoms with Crippen molar-refractivity contribution in [2.24, 2.45) is 10.7 Å². The van der Waals surface area contributed by atoms with Gasteiger partial charge in [0.25, 0.3) is 5.91 Å². The maximum atomic E-state index is 13.5. The standard InChI is InChI=1S/C21H28N4OS/c1-4-23-15(3)24-20-17(14(2)22)13-18(19-11-8-12-27-19)21(26)25(20)16-9-6-5-7-10-16/h8,11-13,16,23H,3-7,9-10,22H2,1-2H3/b17-14-,24-20+. The molecule has 6 heteroatoms. The highest BCUT2D eigenvalue weighted by Gasteiger charge is 2.37. The first-order valence-electron chi connectivity index (χ1n) is 9.60. The van der Waals surface area contributed by atoms with Crippen molar-refractivity contribution in [3.05, 3.63) is 52.1 Å². The maximum absolute atomic E-state index is 13.5. The summed E-state index contributed by atoms with van der Waals surface area (Å²) in [6.07, 6.45) is 7.37. The van der Waals surface area contributed by atoms with Gasteiger partial charge in [-0.2, -0.15) is 0 Å². The first kappa shape index (κ1) is 19.4. The lowest BCUT2D eigenvalue weighted by Gasteiger charge is -2.38. The minimum atomic E-state index is 0.0115. The summed E-state index contributed by atoms with van der Waals surface area (Å²) >= 11 is 1.57. The molecule has 0 saturated heterocycles. The Morgan fingerprint density at radius 2 is 2.15 bits per heavy atom. The van der Waals surface area contributed by atoms with Gasteiger partial charge in [0.1, 0.15) is 11.7 Å². The van der Waals surface area contributed by atoms with Crippen molar-refractivity contribution in [2.45, 2.75) is 52.0 Å². The lowest BCUT2D eigenvalue weighted by molar-refractivity contribution is -0.123. The number of carbonyl (C=O) groups excluding carboxylic acids is 1. The molecule has 3 rings (SSSR count). The molecule has 0 spiro atoms. The Morgan fingerprint density at radius 1 is 1.41 bits per heavy atom. The van der Waals surface area contributed by atoms with Gasteiger partial charge < -0.3 is 11.1 Å². The van der Waals surface area contributed by atoms with Crippen LogP contribution < -0.4 is 11.1 Å². The number of hydrogen-bond acceptors (Lipinski definition) is 5. The molecule has 3 N–H and O–H groups in total. The number of amidine groups is 1. The molecule has 5 nitrogen and oxygen atoms in total. The summed E-state index contributed by atoms with van der Waals surface area (Å²) in [4.78, 5) is 21.0. The van der Waals surface area contributed by atoms with Gasteiger partial charge in [0, 0.05) is 28.7 Å². The molecule has 0 unspecified atom stereocenters. The molecule has 144 valence electrons. The maximum Gasteiger partial charge on any atom is 0.261 e. The van der Waals surface area contributed by atoms with Crippen LogP contribution in [0.5, 0.6) is 0 Å². The van der Waals surface area contributed by atoms with E-state index in [-0.39, 0.29) is 11.9 Å². The molecule has 2 aliphatic rings. The van der Waals surface area contributed by atoms with Crippen LogP contribution >= 0.6 is 11.3 Å². The minimum absolute atomic E-state index is 0.0115. The van der Waals surface area contributed by atoms with E-state index < -0.39 is 0 Å². The fraction of sp³-hybridized carbons (Fsp3) is 0.429. The number of nitrogens with two attached hydrogens (primary N) is 1. The minimum Gasteiger partial charge on any atom is -0.402 e. The summed E-state index contributed by atoms with van der Waals surface area (Å²) in [6, 6.07) is 4.10. The molecule has 0 atom stereocenters. The Morgan fingerprint density at radius 3 is 2.74 bits per heavy atom. The van der Waals surface area contributed by atoms with Crippen LogP contribution in [0.15, 0.2) is 52.3 Å². The van der Waals surface area contributed by atoms with E-state index in [1.807, 2.05) is 42.3 Å². The lowest BCUT2D eigenvalue weighted by atomic mass is 9.90. The highest BCUT2D eigenvalue weighted by Crippen LogP contribution is 2.34. The first-order chi connectivity index (χ1) is 13.0. The number of amides is 1. The van der Waals surface area contributed by atoms with E-state index >= 15 is 0 Å². The summed E-state index contributed by atoms with van der Waals surface area (Å²) in [5, 5.41) is 5.12. The van der Waals surface area contributed by atoms with Crippen molar-refractivity contribution in [1.82, 2.24) is 10.2 Å². The van der Waals surface area contributed by atoms with Gasteiger partial charge in [0.05, 0.1) is 5.57 Å². The summed E-state index contributed by atoms with van der Waals surface area (Å²) in [6.45, 7) is 8.57. The van der Waals surface area contributed by atoms with E-state index in [0.717, 1.165) is 42.7 Å². The van der Waals surface area contributed by atoms with Gasteiger partial charge >= 0.3 is 0 Å². The molecular weight excluding hydrogens is 356 g/mol. The fourth-order valence-corrected chi connectivity index (χ4v) is 4.42. The van der Waals surface area contributed by atoms with Crippen LogP contribution in [0.2, 0.25) is 0 Å². The summed E-state index contributed by atoms with van der Waals surface area (Å²) in [7, 11) is 0. The number of hydrogen-bond donors (Lipinski definition) is 2. The third kappa shape index (κ3) is 4.16. The van der Waals surface area contributed by atoms with Crippen LogP contribution in [0.4, 0.5) is 0 Å². The van der Waals surface area contributed by atoms with Crippen molar-refractivity contribution < 1.29 is 4.79 Å². The average Bonchev–Trinajstić information content (AvgIpc) is 3.17. The Kier molecular flexibility index (Phi) is 6.16. The zero-order valence-electron chi connectivity index (χ0n) is 16.1. The highest BCUT2D eigenvalue weighted by molar-refractivity contribution is 7.11. The summed E-state index contributed by atoms with van der Waals surface area (Å²) in [5.74, 6) is 1.18. The molecular formula is C21H28N4OS. The van der Waals surface area contributed by atoms with Crippen LogP contribution in [0, 0.1) is 0 Å². The van der Waals surface area contributed by atoms with Gasteiger partial charge in [-0.3, -0.25) is 9.69 Å². The molecule has 1 aromatic rings. The molecule has 1 aromatic heterocycles. The second-order valence-electron chi connectivity index (χ2n) is 7.01. The molecule has 1 amide bonds. The zero-order valence-corrected chi connectivity index (χ0v) is 16.9. The normalized spacial score (nSPS) is 22.0. The van der Waals surface area contributed by atoms with E-state index in [4.69, 9.17) is 5.73 Å². The molecule has 27 heavy (non-hydrogen) atoms. The van der Waals surface area contributed by atoms with Gasteiger partial charge in [0.15, 0.2) is 0 Å². The number of rotatable bonds is 5. The highest BCUT2D eigenvalue weighted by atomic mass is 32.1. The van der Waals surface area contributed by atoms with Gasteiger partial charge in [-0.1, -0.05) is 31.9 Å². The molecule has 1 fully saturated rings. The van der Waals surface area contributed by atoms with Crippen molar-refractivity contribution in [3.8, 4) is 0 Å². The Labute approximate surface area is 165 Å². The van der Waals surface area contributed by atoms with Gasteiger partial charge in [-0.05, 0) is 44.2 Å². The van der Waals surface area contributed by atoms with Gasteiger partial charge in [-0.15, -0.1) is 11.3 Å². The van der Waals surface area contributed by atoms with E-state index in [1.165, 1.54) is 6.42 Å². The van der Waals surface area contributed by atoms with Crippen molar-refractivity contribution in [1.29, 1.82) is 0 Å². The predicted molar refractivity (Wildman–Crippen MR) is 113 cm³/mol. The monoisotopic (exact) mass is 384 g/mol. The second kappa shape index (κ2) is 8.57. The predicted octanol–water partition coefficient (Wildman–Crippen LogP) is 4.02. The largest absolute Gasteiger partial charge is 0.402 e. The third-order valence-electron chi connectivity index (χ3n) is 4.98. The molecule has 0 radical (unpaired) electrons.